The van der Waals surface area contributed by atoms with Crippen molar-refractivity contribution in [3.8, 4) is 0 Å². The molecule has 0 fully saturated rings. The van der Waals surface area contributed by atoms with E-state index < -0.39 is 5.97 Å². The number of hydrogen-bond acceptors (Lipinski definition) is 6. The quantitative estimate of drug-likeness (QED) is 0.563. The third-order valence-corrected chi connectivity index (χ3v) is 4.47. The summed E-state index contributed by atoms with van der Waals surface area (Å²) in [5.74, 6) is -0.773. The van der Waals surface area contributed by atoms with Crippen LogP contribution in [0.3, 0.4) is 0 Å². The van der Waals surface area contributed by atoms with Gasteiger partial charge in [0.05, 0.1) is 24.8 Å². The Morgan fingerprint density at radius 3 is 2.46 bits per heavy atom. The number of nitrogens with one attached hydrogen (secondary N) is 2. The van der Waals surface area contributed by atoms with E-state index in [1.807, 2.05) is 13.8 Å². The minimum absolute atomic E-state index is 0.332. The highest BCUT2D eigenvalue weighted by Crippen LogP contribution is 2.28. The molecule has 1 aromatic carbocycles. The first-order chi connectivity index (χ1) is 12.4. The molecule has 6 nitrogen and oxygen atoms in total. The van der Waals surface area contributed by atoms with E-state index in [9.17, 15) is 9.59 Å². The molecule has 0 saturated carbocycles. The molecule has 2 rings (SSSR count). The van der Waals surface area contributed by atoms with Crippen LogP contribution in [0, 0.1) is 6.92 Å². The van der Waals surface area contributed by atoms with Crippen molar-refractivity contribution in [3.63, 3.8) is 0 Å². The topological polar surface area (TPSA) is 76.7 Å². The van der Waals surface area contributed by atoms with Crippen molar-refractivity contribution in [2.45, 2.75) is 20.3 Å². The van der Waals surface area contributed by atoms with Gasteiger partial charge < -0.3 is 20.1 Å². The van der Waals surface area contributed by atoms with Gasteiger partial charge in [-0.15, -0.1) is 11.3 Å². The van der Waals surface area contributed by atoms with Crippen LogP contribution in [0.25, 0.3) is 0 Å². The van der Waals surface area contributed by atoms with Crippen molar-refractivity contribution >= 4 is 51.3 Å². The third-order valence-electron chi connectivity index (χ3n) is 3.30. The Kier molecular flexibility index (Phi) is 7.11. The van der Waals surface area contributed by atoms with Gasteiger partial charge in [0.1, 0.15) is 5.00 Å². The van der Waals surface area contributed by atoms with Gasteiger partial charge in [-0.25, -0.2) is 9.59 Å². The second-order valence-electron chi connectivity index (χ2n) is 5.38. The van der Waals surface area contributed by atoms with Gasteiger partial charge in [-0.1, -0.05) is 6.92 Å². The van der Waals surface area contributed by atoms with Crippen LogP contribution < -0.4 is 10.6 Å². The highest BCUT2D eigenvalue weighted by atomic mass is 32.1. The Balaban J connectivity index is 2.00. The number of thiophene rings is 1. The van der Waals surface area contributed by atoms with Crippen LogP contribution in [0.5, 0.6) is 0 Å². The first-order valence-corrected chi connectivity index (χ1v) is 9.21. The number of carbonyl (C=O) groups excluding carboxylic acids is 2. The number of methoxy groups -OCH3 is 1. The lowest BCUT2D eigenvalue weighted by Gasteiger charge is -2.11. The largest absolute Gasteiger partial charge is 0.465 e. The Labute approximate surface area is 161 Å². The van der Waals surface area contributed by atoms with E-state index in [1.54, 1.807) is 30.3 Å². The number of anilines is 2. The number of benzene rings is 1. The smallest absolute Gasteiger partial charge is 0.340 e. The maximum absolute atomic E-state index is 11.8. The standard InChI is InChI=1S/C18H20N2O4S2/c1-4-9-24-16(21)12-5-7-13(8-6-12)19-18(25)20-15-14(17(22)23-3)10-11(2)26-15/h5-8,10H,4,9H2,1-3H3,(H2,19,20,25). The van der Waals surface area contributed by atoms with Crippen molar-refractivity contribution in [2.24, 2.45) is 0 Å². The molecule has 0 atom stereocenters. The fourth-order valence-corrected chi connectivity index (χ4v) is 3.29. The van der Waals surface area contributed by atoms with Crippen molar-refractivity contribution < 1.29 is 19.1 Å². The summed E-state index contributed by atoms with van der Waals surface area (Å²) in [4.78, 5) is 24.6. The molecule has 8 heteroatoms. The van der Waals surface area contributed by atoms with Crippen LogP contribution in [0.1, 0.15) is 38.9 Å². The fraction of sp³-hybridized carbons (Fsp3) is 0.278. The minimum atomic E-state index is -0.422. The molecule has 138 valence electrons. The number of esters is 2. The van der Waals surface area contributed by atoms with Gasteiger partial charge >= 0.3 is 11.9 Å². The Bertz CT molecular complexity index is 800. The van der Waals surface area contributed by atoms with E-state index in [4.69, 9.17) is 21.7 Å². The van der Waals surface area contributed by atoms with Gasteiger partial charge in [-0.3, -0.25) is 0 Å². The number of carbonyl (C=O) groups is 2. The molecule has 0 saturated heterocycles. The van der Waals surface area contributed by atoms with Gasteiger partial charge in [0, 0.05) is 10.6 Å². The van der Waals surface area contributed by atoms with E-state index in [0.717, 1.165) is 11.3 Å². The molecule has 1 heterocycles. The molecule has 0 radical (unpaired) electrons. The Morgan fingerprint density at radius 1 is 1.15 bits per heavy atom. The number of rotatable bonds is 6. The van der Waals surface area contributed by atoms with Crippen LogP contribution in [0.4, 0.5) is 10.7 Å². The molecule has 0 amide bonds. The maximum atomic E-state index is 11.8. The first kappa shape index (κ1) is 19.9. The molecule has 0 aliphatic heterocycles. The first-order valence-electron chi connectivity index (χ1n) is 7.98. The molecule has 0 unspecified atom stereocenters. The predicted molar refractivity (Wildman–Crippen MR) is 107 cm³/mol. The summed E-state index contributed by atoms with van der Waals surface area (Å²) >= 11 is 6.70. The van der Waals surface area contributed by atoms with Gasteiger partial charge in [0.15, 0.2) is 5.11 Å². The van der Waals surface area contributed by atoms with Crippen LogP contribution in [-0.4, -0.2) is 30.8 Å². The van der Waals surface area contributed by atoms with Crippen molar-refractivity contribution in [2.75, 3.05) is 24.4 Å². The lowest BCUT2D eigenvalue weighted by Crippen LogP contribution is -2.20. The average Bonchev–Trinajstić information content (AvgIpc) is 2.99. The molecule has 2 aromatic rings. The minimum Gasteiger partial charge on any atom is -0.465 e. The number of thiocarbonyl (C=S) groups is 1. The van der Waals surface area contributed by atoms with Crippen molar-refractivity contribution in [1.29, 1.82) is 0 Å². The molecule has 26 heavy (non-hydrogen) atoms. The summed E-state index contributed by atoms with van der Waals surface area (Å²) < 4.78 is 9.86. The zero-order chi connectivity index (χ0) is 19.1. The Morgan fingerprint density at radius 2 is 1.85 bits per heavy atom. The molecular formula is C18H20N2O4S2. The number of aryl methyl sites for hydroxylation is 1. The lowest BCUT2D eigenvalue weighted by molar-refractivity contribution is 0.0504. The van der Waals surface area contributed by atoms with Crippen molar-refractivity contribution in [1.82, 2.24) is 0 Å². The third kappa shape index (κ3) is 5.27. The summed E-state index contributed by atoms with van der Waals surface area (Å²) in [7, 11) is 1.34. The summed E-state index contributed by atoms with van der Waals surface area (Å²) in [6.45, 7) is 4.24. The molecule has 0 aliphatic carbocycles. The number of ether oxygens (including phenoxy) is 2. The summed E-state index contributed by atoms with van der Waals surface area (Å²) in [5.41, 5.74) is 1.63. The van der Waals surface area contributed by atoms with Crippen LogP contribution in [-0.2, 0) is 9.47 Å². The normalized spacial score (nSPS) is 10.1. The summed E-state index contributed by atoms with van der Waals surface area (Å²) in [5, 5.41) is 6.97. The van der Waals surface area contributed by atoms with Gasteiger partial charge in [0.25, 0.3) is 0 Å². The SMILES string of the molecule is CCCOC(=O)c1ccc(NC(=S)Nc2sc(C)cc2C(=O)OC)cc1. The second-order valence-corrected chi connectivity index (χ2v) is 7.05. The van der Waals surface area contributed by atoms with Crippen LogP contribution in [0.15, 0.2) is 30.3 Å². The van der Waals surface area contributed by atoms with Gasteiger partial charge in [0.2, 0.25) is 0 Å². The summed E-state index contributed by atoms with van der Waals surface area (Å²) in [6.07, 6.45) is 0.779. The zero-order valence-corrected chi connectivity index (χ0v) is 16.4. The molecular weight excluding hydrogens is 372 g/mol. The molecule has 2 N–H and O–H groups in total. The van der Waals surface area contributed by atoms with E-state index in [1.165, 1.54) is 18.4 Å². The molecule has 0 aliphatic rings. The fourth-order valence-electron chi connectivity index (χ4n) is 2.10. The molecule has 0 bridgehead atoms. The predicted octanol–water partition coefficient (Wildman–Crippen LogP) is 4.22. The monoisotopic (exact) mass is 392 g/mol. The Hall–Kier alpha value is -2.45. The van der Waals surface area contributed by atoms with Crippen LogP contribution >= 0.6 is 23.6 Å². The maximum Gasteiger partial charge on any atom is 0.340 e. The van der Waals surface area contributed by atoms with E-state index in [-0.39, 0.29) is 5.97 Å². The average molecular weight is 393 g/mol. The van der Waals surface area contributed by atoms with Gasteiger partial charge in [-0.2, -0.15) is 0 Å². The molecule has 0 spiro atoms. The lowest BCUT2D eigenvalue weighted by atomic mass is 10.2. The highest BCUT2D eigenvalue weighted by Gasteiger charge is 2.16. The molecule has 1 aromatic heterocycles. The van der Waals surface area contributed by atoms with E-state index in [0.29, 0.717) is 33.5 Å². The van der Waals surface area contributed by atoms with E-state index in [2.05, 4.69) is 10.6 Å². The van der Waals surface area contributed by atoms with E-state index >= 15 is 0 Å². The zero-order valence-electron chi connectivity index (χ0n) is 14.8. The number of hydrogen-bond donors (Lipinski definition) is 2. The van der Waals surface area contributed by atoms with Gasteiger partial charge in [-0.05, 0) is 55.9 Å². The highest BCUT2D eigenvalue weighted by molar-refractivity contribution is 7.80. The van der Waals surface area contributed by atoms with Crippen molar-refractivity contribution in [3.05, 3.63) is 46.3 Å². The summed E-state index contributed by atoms with van der Waals surface area (Å²) in [6, 6.07) is 8.54. The second kappa shape index (κ2) is 9.30. The van der Waals surface area contributed by atoms with Crippen LogP contribution in [0.2, 0.25) is 0 Å².